The molecule has 1 heterocycles. The van der Waals surface area contributed by atoms with Crippen LogP contribution in [0.2, 0.25) is 0 Å². The van der Waals surface area contributed by atoms with Crippen molar-refractivity contribution in [3.8, 4) is 11.5 Å². The first kappa shape index (κ1) is 36.7. The van der Waals surface area contributed by atoms with Gasteiger partial charge in [0.2, 0.25) is 0 Å². The van der Waals surface area contributed by atoms with E-state index in [1.807, 2.05) is 66.7 Å². The van der Waals surface area contributed by atoms with Crippen molar-refractivity contribution in [1.82, 2.24) is 0 Å². The summed E-state index contributed by atoms with van der Waals surface area (Å²) in [6, 6.07) is 35.6. The third-order valence-electron chi connectivity index (χ3n) is 9.41. The quantitative estimate of drug-likeness (QED) is 0.193. The SMILES string of the molecule is CC(C)(C)c1cc2cc(c1O)C=N[C@H](c1ccccc1)[C@@H](c1ccccc1)N=Cc1cc(cc(C(C)(C)C)c1O)COCc1cccc(c1)COC2. The van der Waals surface area contributed by atoms with Crippen molar-refractivity contribution in [1.29, 1.82) is 0 Å². The lowest BCUT2D eigenvalue weighted by Gasteiger charge is -2.24. The van der Waals surface area contributed by atoms with Crippen LogP contribution in [-0.2, 0) is 46.7 Å². The van der Waals surface area contributed by atoms with Gasteiger partial charge >= 0.3 is 0 Å². The van der Waals surface area contributed by atoms with Gasteiger partial charge in [-0.2, -0.15) is 0 Å². The van der Waals surface area contributed by atoms with Crippen LogP contribution in [0.15, 0.2) is 119 Å². The van der Waals surface area contributed by atoms with Crippen LogP contribution in [0.4, 0.5) is 0 Å². The van der Waals surface area contributed by atoms with Gasteiger partial charge in [0.1, 0.15) is 23.6 Å². The molecule has 6 nitrogen and oxygen atoms in total. The monoisotopic (exact) mass is 694 g/mol. The molecule has 1 aliphatic heterocycles. The van der Waals surface area contributed by atoms with E-state index < -0.39 is 12.1 Å². The Balaban J connectivity index is 1.54. The van der Waals surface area contributed by atoms with E-state index in [4.69, 9.17) is 19.5 Å². The van der Waals surface area contributed by atoms with Gasteiger partial charge in [-0.25, -0.2) is 0 Å². The third-order valence-corrected chi connectivity index (χ3v) is 9.41. The second-order valence-electron chi connectivity index (χ2n) is 15.7. The second kappa shape index (κ2) is 15.7. The number of aromatic hydroxyl groups is 2. The topological polar surface area (TPSA) is 83.6 Å². The molecule has 5 aromatic carbocycles. The van der Waals surface area contributed by atoms with Crippen molar-refractivity contribution in [3.05, 3.63) is 165 Å². The fraction of sp³-hybridized carbons (Fsp3) is 0.304. The van der Waals surface area contributed by atoms with E-state index in [-0.39, 0.29) is 22.3 Å². The summed E-state index contributed by atoms with van der Waals surface area (Å²) in [6.45, 7) is 14.2. The number of rotatable bonds is 2. The molecule has 2 N–H and O–H groups in total. The van der Waals surface area contributed by atoms with Gasteiger partial charge in [0.15, 0.2) is 0 Å². The molecule has 0 aliphatic carbocycles. The van der Waals surface area contributed by atoms with Crippen LogP contribution in [0.5, 0.6) is 11.5 Å². The van der Waals surface area contributed by atoms with E-state index in [1.54, 1.807) is 12.4 Å². The van der Waals surface area contributed by atoms with E-state index in [0.29, 0.717) is 37.6 Å². The average Bonchev–Trinajstić information content (AvgIpc) is 3.11. The molecular weight excluding hydrogens is 645 g/mol. The number of benzene rings is 5. The van der Waals surface area contributed by atoms with E-state index in [0.717, 1.165) is 44.5 Å². The van der Waals surface area contributed by atoms with Crippen LogP contribution in [0.25, 0.3) is 0 Å². The average molecular weight is 695 g/mol. The van der Waals surface area contributed by atoms with Crippen LogP contribution >= 0.6 is 0 Å². The molecule has 0 amide bonds. The molecule has 0 unspecified atom stereocenters. The molecule has 0 saturated heterocycles. The highest BCUT2D eigenvalue weighted by Crippen LogP contribution is 2.39. The lowest BCUT2D eigenvalue weighted by molar-refractivity contribution is 0.103. The summed E-state index contributed by atoms with van der Waals surface area (Å²) >= 11 is 0. The van der Waals surface area contributed by atoms with Crippen molar-refractivity contribution in [2.75, 3.05) is 0 Å². The summed E-state index contributed by atoms with van der Waals surface area (Å²) in [4.78, 5) is 10.4. The standard InChI is InChI=1S/C46H50N2O4/c1-45(2,3)39-23-33-21-37(43(39)49)25-47-41(35-16-9-7-10-17-35)42(36-18-11-8-12-19-36)48-26-38-22-34(24-40(44(38)50)46(4,5)6)30-52-28-32-15-13-14-31(20-32)27-51-29-33/h7-26,41-42,49-50H,27-30H2,1-6H3/t41-,42-/m1/s1. The number of nitrogens with zero attached hydrogens (tertiary/aromatic N) is 2. The largest absolute Gasteiger partial charge is 0.507 e. The Morgan fingerprint density at radius 1 is 0.481 bits per heavy atom. The maximum Gasteiger partial charge on any atom is 0.128 e. The van der Waals surface area contributed by atoms with E-state index >= 15 is 0 Å². The fourth-order valence-corrected chi connectivity index (χ4v) is 6.65. The van der Waals surface area contributed by atoms with Crippen molar-refractivity contribution < 1.29 is 19.7 Å². The molecule has 5 aromatic rings. The van der Waals surface area contributed by atoms with Gasteiger partial charge in [-0.1, -0.05) is 126 Å². The summed E-state index contributed by atoms with van der Waals surface area (Å²) in [5.74, 6) is 0.406. The Hall–Kier alpha value is -5.04. The van der Waals surface area contributed by atoms with Gasteiger partial charge in [-0.3, -0.25) is 9.98 Å². The molecule has 52 heavy (non-hydrogen) atoms. The highest BCUT2D eigenvalue weighted by atomic mass is 16.5. The van der Waals surface area contributed by atoms with Crippen LogP contribution in [-0.4, -0.2) is 22.6 Å². The van der Waals surface area contributed by atoms with Gasteiger partial charge in [0.05, 0.1) is 26.4 Å². The summed E-state index contributed by atoms with van der Waals surface area (Å²) in [6.07, 6.45) is 3.55. The van der Waals surface area contributed by atoms with Gasteiger partial charge in [-0.15, -0.1) is 0 Å². The fourth-order valence-electron chi connectivity index (χ4n) is 6.65. The predicted molar refractivity (Wildman–Crippen MR) is 211 cm³/mol. The molecule has 0 fully saturated rings. The summed E-state index contributed by atoms with van der Waals surface area (Å²) in [5, 5.41) is 23.3. The number of hydrogen-bond donors (Lipinski definition) is 2. The van der Waals surface area contributed by atoms with E-state index in [1.165, 1.54) is 0 Å². The zero-order valence-corrected chi connectivity index (χ0v) is 31.1. The maximum absolute atomic E-state index is 11.7. The lowest BCUT2D eigenvalue weighted by atomic mass is 9.84. The van der Waals surface area contributed by atoms with Crippen molar-refractivity contribution >= 4 is 12.4 Å². The Kier molecular flexibility index (Phi) is 11.1. The number of phenolic OH excluding ortho intramolecular Hbond substituents is 2. The Bertz CT molecular complexity index is 1900. The number of aliphatic imine (C=N–C) groups is 2. The van der Waals surface area contributed by atoms with Crippen molar-refractivity contribution in [3.63, 3.8) is 0 Å². The molecule has 2 atom stereocenters. The first-order chi connectivity index (χ1) is 24.9. The van der Waals surface area contributed by atoms with Crippen LogP contribution in [0, 0.1) is 0 Å². The molecule has 268 valence electrons. The smallest absolute Gasteiger partial charge is 0.128 e. The number of ether oxygens (including phenoxy) is 2. The normalized spacial score (nSPS) is 17.3. The molecular formula is C46H50N2O4. The second-order valence-corrected chi connectivity index (χ2v) is 15.7. The van der Waals surface area contributed by atoms with Crippen LogP contribution < -0.4 is 0 Å². The molecule has 0 spiro atoms. The summed E-state index contributed by atoms with van der Waals surface area (Å²) in [5.41, 5.74) is 8.21. The molecule has 0 aromatic heterocycles. The van der Waals surface area contributed by atoms with E-state index in [2.05, 4.69) is 84.0 Å². The van der Waals surface area contributed by atoms with Crippen LogP contribution in [0.1, 0.15) is 109 Å². The number of phenols is 2. The zero-order chi connectivity index (χ0) is 36.9. The lowest BCUT2D eigenvalue weighted by Crippen LogP contribution is -2.14. The van der Waals surface area contributed by atoms with E-state index in [9.17, 15) is 10.2 Å². The third kappa shape index (κ3) is 8.87. The maximum atomic E-state index is 11.7. The van der Waals surface area contributed by atoms with Gasteiger partial charge < -0.3 is 19.7 Å². The molecule has 6 heteroatoms. The minimum Gasteiger partial charge on any atom is -0.507 e. The molecule has 6 rings (SSSR count). The minimum atomic E-state index is -0.451. The van der Waals surface area contributed by atoms with Crippen molar-refractivity contribution in [2.45, 2.75) is 90.9 Å². The molecule has 0 saturated carbocycles. The van der Waals surface area contributed by atoms with Crippen molar-refractivity contribution in [2.24, 2.45) is 9.98 Å². The predicted octanol–water partition coefficient (Wildman–Crippen LogP) is 10.5. The molecule has 0 radical (unpaired) electrons. The van der Waals surface area contributed by atoms with Gasteiger partial charge in [0, 0.05) is 34.7 Å². The Morgan fingerprint density at radius 3 is 1.25 bits per heavy atom. The highest BCUT2D eigenvalue weighted by molar-refractivity contribution is 5.86. The Morgan fingerprint density at radius 2 is 0.865 bits per heavy atom. The first-order valence-electron chi connectivity index (χ1n) is 18.0. The van der Waals surface area contributed by atoms with Gasteiger partial charge in [0.25, 0.3) is 0 Å². The summed E-state index contributed by atoms with van der Waals surface area (Å²) < 4.78 is 12.5. The minimum absolute atomic E-state index is 0.203. The number of fused-ring (bicyclic) bond motifs is 6. The van der Waals surface area contributed by atoms with Crippen LogP contribution in [0.3, 0.4) is 0 Å². The molecule has 1 aliphatic rings. The Labute approximate surface area is 308 Å². The zero-order valence-electron chi connectivity index (χ0n) is 31.1. The van der Waals surface area contributed by atoms with Gasteiger partial charge in [-0.05, 0) is 68.5 Å². The first-order valence-corrected chi connectivity index (χ1v) is 18.0. The number of hydrogen-bond acceptors (Lipinski definition) is 6. The summed E-state index contributed by atoms with van der Waals surface area (Å²) in [7, 11) is 0. The highest BCUT2D eigenvalue weighted by Gasteiger charge is 2.26. The molecule has 6 bridgehead atoms.